The molecule has 1 aromatic rings. The minimum atomic E-state index is -0.945. The molecule has 1 saturated carbocycles. The molecule has 0 amide bonds. The smallest absolute Gasteiger partial charge is 0.166 e. The number of nitrogens with two attached hydrogens (primary N) is 1. The van der Waals surface area contributed by atoms with Crippen LogP contribution in [0.3, 0.4) is 0 Å². The second kappa shape index (κ2) is 2.81. The number of phenolic OH excluding ortho intramolecular Hbond substituents is 1. The highest BCUT2D eigenvalue weighted by molar-refractivity contribution is 6.30. The molecule has 0 aromatic heterocycles. The Labute approximate surface area is 84.3 Å². The van der Waals surface area contributed by atoms with Crippen LogP contribution in [0, 0.1) is 11.6 Å². The Bertz CT molecular complexity index is 378. The second-order valence-corrected chi connectivity index (χ2v) is 3.94. The van der Waals surface area contributed by atoms with Crippen LogP contribution in [0.1, 0.15) is 18.4 Å². The van der Waals surface area contributed by atoms with Crippen LogP contribution in [0.5, 0.6) is 5.75 Å². The maximum Gasteiger partial charge on any atom is 0.166 e. The molecule has 1 aliphatic rings. The van der Waals surface area contributed by atoms with Crippen molar-refractivity contribution in [2.24, 2.45) is 5.73 Å². The van der Waals surface area contributed by atoms with Gasteiger partial charge in [-0.1, -0.05) is 11.6 Å². The van der Waals surface area contributed by atoms with Crippen molar-refractivity contribution in [3.05, 3.63) is 28.3 Å². The van der Waals surface area contributed by atoms with Crippen LogP contribution in [0.2, 0.25) is 5.02 Å². The Morgan fingerprint density at radius 1 is 1.43 bits per heavy atom. The van der Waals surface area contributed by atoms with E-state index in [-0.39, 0.29) is 10.6 Å². The van der Waals surface area contributed by atoms with Gasteiger partial charge in [0.15, 0.2) is 17.4 Å². The summed E-state index contributed by atoms with van der Waals surface area (Å²) in [5.41, 5.74) is 4.53. The van der Waals surface area contributed by atoms with Crippen LogP contribution in [0.15, 0.2) is 6.07 Å². The minimum absolute atomic E-state index is 0.206. The highest BCUT2D eigenvalue weighted by Gasteiger charge is 2.45. The number of benzene rings is 1. The van der Waals surface area contributed by atoms with Gasteiger partial charge < -0.3 is 10.8 Å². The molecule has 0 spiro atoms. The molecule has 5 heteroatoms. The van der Waals surface area contributed by atoms with E-state index in [0.717, 1.165) is 6.07 Å². The highest BCUT2D eigenvalue weighted by Crippen LogP contribution is 2.49. The van der Waals surface area contributed by atoms with E-state index in [1.165, 1.54) is 0 Å². The summed E-state index contributed by atoms with van der Waals surface area (Å²) >= 11 is 5.44. The number of phenols is 1. The van der Waals surface area contributed by atoms with Gasteiger partial charge in [0, 0.05) is 5.54 Å². The average molecular weight is 220 g/mol. The quantitative estimate of drug-likeness (QED) is 0.712. The first-order chi connectivity index (χ1) is 6.46. The Morgan fingerprint density at radius 3 is 2.50 bits per heavy atom. The van der Waals surface area contributed by atoms with Crippen molar-refractivity contribution in [2.45, 2.75) is 18.4 Å². The monoisotopic (exact) mass is 219 g/mol. The molecule has 76 valence electrons. The summed E-state index contributed by atoms with van der Waals surface area (Å²) in [5, 5.41) is 8.97. The zero-order valence-electron chi connectivity index (χ0n) is 7.15. The summed E-state index contributed by atoms with van der Waals surface area (Å²) in [7, 11) is 0. The molecular formula is C9H8ClF2NO. The van der Waals surface area contributed by atoms with Gasteiger partial charge in [-0.2, -0.15) is 0 Å². The lowest BCUT2D eigenvalue weighted by atomic mass is 10.0. The van der Waals surface area contributed by atoms with Gasteiger partial charge in [0.25, 0.3) is 0 Å². The van der Waals surface area contributed by atoms with Gasteiger partial charge in [-0.25, -0.2) is 8.78 Å². The largest absolute Gasteiger partial charge is 0.505 e. The average Bonchev–Trinajstić information content (AvgIpc) is 2.81. The third-order valence-corrected chi connectivity index (χ3v) is 2.71. The second-order valence-electron chi connectivity index (χ2n) is 3.53. The number of hydrogen-bond donors (Lipinski definition) is 2. The van der Waals surface area contributed by atoms with Crippen LogP contribution in [0.25, 0.3) is 0 Å². The summed E-state index contributed by atoms with van der Waals surface area (Å²) in [6, 6.07) is 0.738. The highest BCUT2D eigenvalue weighted by atomic mass is 35.5. The van der Waals surface area contributed by atoms with E-state index >= 15 is 0 Å². The third-order valence-electron chi connectivity index (χ3n) is 2.43. The molecule has 2 nitrogen and oxygen atoms in total. The van der Waals surface area contributed by atoms with Crippen molar-refractivity contribution < 1.29 is 13.9 Å². The summed E-state index contributed by atoms with van der Waals surface area (Å²) in [5.74, 6) is -2.50. The molecule has 0 unspecified atom stereocenters. The maximum absolute atomic E-state index is 13.4. The van der Waals surface area contributed by atoms with Crippen molar-refractivity contribution >= 4 is 11.6 Å². The first-order valence-corrected chi connectivity index (χ1v) is 4.49. The normalized spacial score (nSPS) is 18.3. The predicted octanol–water partition coefficient (Wildman–Crippen LogP) is 2.27. The Kier molecular flexibility index (Phi) is 1.94. The molecule has 1 aliphatic carbocycles. The van der Waals surface area contributed by atoms with E-state index in [0.29, 0.717) is 12.8 Å². The Balaban J connectivity index is 2.68. The standard InChI is InChI=1S/C9H8ClF2NO/c10-4-3-5(11)8(14)6(7(4)12)9(13)1-2-9/h3,14H,1-2,13H2. The zero-order chi connectivity index (χ0) is 10.5. The molecule has 0 radical (unpaired) electrons. The molecule has 1 aromatic carbocycles. The van der Waals surface area contributed by atoms with E-state index in [1.54, 1.807) is 0 Å². The van der Waals surface area contributed by atoms with Gasteiger partial charge in [0.2, 0.25) is 0 Å². The van der Waals surface area contributed by atoms with Gasteiger partial charge in [0.1, 0.15) is 0 Å². The summed E-state index contributed by atoms with van der Waals surface area (Å²) in [4.78, 5) is 0. The van der Waals surface area contributed by atoms with Crippen LogP contribution >= 0.6 is 11.6 Å². The fourth-order valence-electron chi connectivity index (χ4n) is 1.42. The third kappa shape index (κ3) is 1.26. The lowest BCUT2D eigenvalue weighted by Gasteiger charge is -2.13. The number of hydrogen-bond acceptors (Lipinski definition) is 2. The lowest BCUT2D eigenvalue weighted by Crippen LogP contribution is -2.21. The van der Waals surface area contributed by atoms with Gasteiger partial charge >= 0.3 is 0 Å². The maximum atomic E-state index is 13.4. The fourth-order valence-corrected chi connectivity index (χ4v) is 1.62. The number of halogens is 3. The molecule has 0 atom stereocenters. The van der Waals surface area contributed by atoms with E-state index in [2.05, 4.69) is 0 Å². The van der Waals surface area contributed by atoms with Crippen LogP contribution in [-0.4, -0.2) is 5.11 Å². The molecule has 0 bridgehead atoms. The molecule has 3 N–H and O–H groups in total. The van der Waals surface area contributed by atoms with Crippen molar-refractivity contribution in [1.82, 2.24) is 0 Å². The van der Waals surface area contributed by atoms with E-state index in [9.17, 15) is 13.9 Å². The van der Waals surface area contributed by atoms with E-state index in [1.807, 2.05) is 0 Å². The van der Waals surface area contributed by atoms with Gasteiger partial charge in [-0.3, -0.25) is 0 Å². The zero-order valence-corrected chi connectivity index (χ0v) is 7.91. The van der Waals surface area contributed by atoms with Gasteiger partial charge in [0.05, 0.1) is 10.6 Å². The summed E-state index contributed by atoms with van der Waals surface area (Å²) in [6.07, 6.45) is 1.05. The first-order valence-electron chi connectivity index (χ1n) is 4.11. The van der Waals surface area contributed by atoms with Gasteiger partial charge in [-0.05, 0) is 18.9 Å². The van der Waals surface area contributed by atoms with E-state index < -0.39 is 22.9 Å². The Hall–Kier alpha value is -0.870. The molecule has 0 saturated heterocycles. The molecule has 0 heterocycles. The molecule has 0 aliphatic heterocycles. The van der Waals surface area contributed by atoms with Crippen molar-refractivity contribution in [1.29, 1.82) is 0 Å². The molecule has 14 heavy (non-hydrogen) atoms. The van der Waals surface area contributed by atoms with Crippen LogP contribution in [0.4, 0.5) is 8.78 Å². The number of aromatic hydroxyl groups is 1. The predicted molar refractivity (Wildman–Crippen MR) is 48.1 cm³/mol. The van der Waals surface area contributed by atoms with Gasteiger partial charge in [-0.15, -0.1) is 0 Å². The van der Waals surface area contributed by atoms with E-state index in [4.69, 9.17) is 17.3 Å². The van der Waals surface area contributed by atoms with Crippen LogP contribution in [-0.2, 0) is 5.54 Å². The SMILES string of the molecule is NC1(c2c(O)c(F)cc(Cl)c2F)CC1. The lowest BCUT2D eigenvalue weighted by molar-refractivity contribution is 0.408. The summed E-state index contributed by atoms with van der Waals surface area (Å²) in [6.45, 7) is 0. The Morgan fingerprint density at radius 2 is 2.00 bits per heavy atom. The molecule has 2 rings (SSSR count). The van der Waals surface area contributed by atoms with Crippen molar-refractivity contribution in [3.63, 3.8) is 0 Å². The fraction of sp³-hybridized carbons (Fsp3) is 0.333. The van der Waals surface area contributed by atoms with Crippen LogP contribution < -0.4 is 5.73 Å². The topological polar surface area (TPSA) is 46.2 Å². The first kappa shape index (κ1) is 9.68. The van der Waals surface area contributed by atoms with Crippen molar-refractivity contribution in [2.75, 3.05) is 0 Å². The number of rotatable bonds is 1. The van der Waals surface area contributed by atoms with Crippen molar-refractivity contribution in [3.8, 4) is 5.75 Å². The summed E-state index contributed by atoms with van der Waals surface area (Å²) < 4.78 is 26.5. The molecule has 1 fully saturated rings. The minimum Gasteiger partial charge on any atom is -0.505 e. The molecular weight excluding hydrogens is 212 g/mol.